The molecule has 0 bridgehead atoms. The van der Waals surface area contributed by atoms with Crippen LogP contribution in [-0.2, 0) is 12.8 Å². The number of hydrogen-bond donors (Lipinski definition) is 0. The van der Waals surface area contributed by atoms with Crippen molar-refractivity contribution in [1.82, 2.24) is 0 Å². The fourth-order valence-corrected chi connectivity index (χ4v) is 0. The molecule has 3 radical (unpaired) electrons. The van der Waals surface area contributed by atoms with Crippen molar-refractivity contribution in [2.75, 3.05) is 0 Å². The van der Waals surface area contributed by atoms with Crippen molar-refractivity contribution >= 4 is 37.5 Å². The largest absolute Gasteiger partial charge is 0 e. The van der Waals surface area contributed by atoms with Crippen LogP contribution in [0, 0.1) is 0 Å². The third-order valence-corrected chi connectivity index (χ3v) is 0. The summed E-state index contributed by atoms with van der Waals surface area (Å²) in [5.41, 5.74) is 0. The molecule has 5 heavy (non-hydrogen) atoms. The average molecular weight is 220 g/mol. The van der Waals surface area contributed by atoms with Crippen molar-refractivity contribution in [3.8, 4) is 0 Å². The first kappa shape index (κ1) is 6.56. The Kier molecular flexibility index (Phi) is 7.29. The van der Waals surface area contributed by atoms with Gasteiger partial charge in [0.25, 0.3) is 0 Å². The van der Waals surface area contributed by atoms with Crippen LogP contribution in [0.5, 0.6) is 0 Å². The van der Waals surface area contributed by atoms with E-state index in [0.717, 1.165) is 0 Å². The van der Waals surface area contributed by atoms with Crippen LogP contribution in [0.2, 0.25) is 0 Å². The molecular weight excluding hydrogens is 218 g/mol. The second kappa shape index (κ2) is 5.56. The van der Waals surface area contributed by atoms with Crippen LogP contribution in [0.4, 0.5) is 0 Å². The smallest absolute Gasteiger partial charge is 0 e. The maximum atomic E-state index is 6.40. The van der Waals surface area contributed by atoms with Gasteiger partial charge in [-0.05, 0) is 0 Å². The Balaban J connectivity index is 0. The van der Waals surface area contributed by atoms with Crippen molar-refractivity contribution in [1.29, 1.82) is 0.832 Å². The molecular formula is HBCl3Ru. The maximum Gasteiger partial charge on any atom is 0 e. The van der Waals surface area contributed by atoms with Gasteiger partial charge < -0.3 is 0 Å². The second-order valence-corrected chi connectivity index (χ2v) is 8.07. The summed E-state index contributed by atoms with van der Waals surface area (Å²) in [6.45, 7) is 0. The van der Waals surface area contributed by atoms with E-state index in [-0.39, 0.29) is 8.41 Å². The van der Waals surface area contributed by atoms with E-state index in [2.05, 4.69) is 0 Å². The summed E-state index contributed by atoms with van der Waals surface area (Å²) < 4.78 is 6.40. The van der Waals surface area contributed by atoms with Crippen molar-refractivity contribution < 1.29 is 12.8 Å². The van der Waals surface area contributed by atoms with Gasteiger partial charge in [-0.3, -0.25) is 0 Å². The SMILES string of the molecule is [2H][Ru]([Cl])([Cl])[Cl].[B]. The van der Waals surface area contributed by atoms with Crippen LogP contribution in [0.25, 0.3) is 0 Å². The summed E-state index contributed by atoms with van der Waals surface area (Å²) in [4.78, 5) is 0. The molecule has 0 aliphatic rings. The minimum atomic E-state index is -3.19. The van der Waals surface area contributed by atoms with Crippen LogP contribution in [-0.4, -0.2) is 9.25 Å². The number of rotatable bonds is 0. The maximum absolute atomic E-state index is 6.40. The van der Waals surface area contributed by atoms with Crippen molar-refractivity contribution in [2.24, 2.45) is 0 Å². The molecule has 0 aromatic rings. The number of halogens is 3. The Bertz CT molecular complexity index is 26.3. The first-order valence-corrected chi connectivity index (χ1v) is 7.12. The molecule has 0 fully saturated rings. The van der Waals surface area contributed by atoms with Gasteiger partial charge in [0, 0.05) is 8.41 Å². The van der Waals surface area contributed by atoms with Crippen molar-refractivity contribution in [3.63, 3.8) is 0 Å². The fraction of sp³-hybridized carbons (Fsp3) is 0. The molecule has 0 heterocycles. The quantitative estimate of drug-likeness (QED) is 0.542. The van der Waals surface area contributed by atoms with Crippen LogP contribution >= 0.6 is 29.1 Å². The summed E-state index contributed by atoms with van der Waals surface area (Å²) in [5.74, 6) is 0. The molecule has 0 unspecified atom stereocenters. The van der Waals surface area contributed by atoms with E-state index in [9.17, 15) is 0 Å². The molecule has 33 valence electrons. The molecule has 0 spiro atoms. The predicted octanol–water partition coefficient (Wildman–Crippen LogP) is 1.42. The summed E-state index contributed by atoms with van der Waals surface area (Å²) in [6.07, 6.45) is 0. The molecule has 0 aliphatic carbocycles. The molecule has 0 saturated heterocycles. The molecule has 0 amide bonds. The summed E-state index contributed by atoms with van der Waals surface area (Å²) in [5, 5.41) is 0. The van der Waals surface area contributed by atoms with Crippen molar-refractivity contribution in [3.05, 3.63) is 0 Å². The van der Waals surface area contributed by atoms with Gasteiger partial charge in [-0.2, -0.15) is 0 Å². The van der Waals surface area contributed by atoms with E-state index in [4.69, 9.17) is 29.9 Å². The zero-order valence-corrected chi connectivity index (χ0v) is 6.07. The molecule has 0 nitrogen and oxygen atoms in total. The Morgan fingerprint density at radius 3 is 1.40 bits per heavy atom. The Labute approximate surface area is 51.1 Å². The Hall–Kier alpha value is 1.56. The van der Waals surface area contributed by atoms with E-state index in [0.29, 0.717) is 0 Å². The number of hydrogen-bond acceptors (Lipinski definition) is 0. The van der Waals surface area contributed by atoms with E-state index in [1.165, 1.54) is 0 Å². The topological polar surface area (TPSA) is 0 Å². The first-order chi connectivity index (χ1) is 2.00. The van der Waals surface area contributed by atoms with Gasteiger partial charge >= 0.3 is 42.7 Å². The second-order valence-electron chi connectivity index (χ2n) is 0.152. The van der Waals surface area contributed by atoms with Gasteiger partial charge in [0.15, 0.2) is 0 Å². The van der Waals surface area contributed by atoms with Crippen LogP contribution < -0.4 is 0 Å². The van der Waals surface area contributed by atoms with Crippen LogP contribution in [0.3, 0.4) is 0 Å². The zero-order valence-electron chi connectivity index (χ0n) is 3.06. The molecule has 0 aromatic carbocycles. The normalized spacial score (nSPS) is 15.4. The van der Waals surface area contributed by atoms with Gasteiger partial charge in [0.2, 0.25) is 0 Å². The monoisotopic (exact) mass is 220 g/mol. The Morgan fingerprint density at radius 2 is 1.40 bits per heavy atom. The molecule has 0 aromatic heterocycles. The van der Waals surface area contributed by atoms with Gasteiger partial charge in [0.1, 0.15) is 0 Å². The van der Waals surface area contributed by atoms with E-state index in [1.54, 1.807) is 0 Å². The molecule has 0 aliphatic heterocycles. The summed E-state index contributed by atoms with van der Waals surface area (Å²) >= 11 is -3.19. The van der Waals surface area contributed by atoms with Crippen LogP contribution in [0.1, 0.15) is 0 Å². The van der Waals surface area contributed by atoms with Gasteiger partial charge in [-0.25, -0.2) is 0 Å². The molecule has 0 atom stereocenters. The molecule has 0 rings (SSSR count). The van der Waals surface area contributed by atoms with E-state index in [1.807, 2.05) is 0 Å². The fourth-order valence-electron chi connectivity index (χ4n) is 0. The molecule has 0 N–H and O–H groups in total. The minimum Gasteiger partial charge on any atom is 0 e. The summed E-state index contributed by atoms with van der Waals surface area (Å²) in [6, 6.07) is 0. The predicted molar refractivity (Wildman–Crippen MR) is 24.7 cm³/mol. The Morgan fingerprint density at radius 1 is 1.40 bits per heavy atom. The van der Waals surface area contributed by atoms with Crippen LogP contribution in [0.15, 0.2) is 0 Å². The zero-order chi connectivity index (χ0) is 4.50. The summed E-state index contributed by atoms with van der Waals surface area (Å²) in [7, 11) is 14.7. The third-order valence-electron chi connectivity index (χ3n) is 0. The first-order valence-electron chi connectivity index (χ1n) is 0.754. The van der Waals surface area contributed by atoms with Gasteiger partial charge in [-0.15, -0.1) is 0 Å². The molecule has 5 heteroatoms. The van der Waals surface area contributed by atoms with E-state index >= 15 is 0 Å². The minimum absolute atomic E-state index is 0. The third kappa shape index (κ3) is 29.0. The average Bonchev–Trinajstić information content (AvgIpc) is 0.722. The van der Waals surface area contributed by atoms with Gasteiger partial charge in [0.05, 0.1) is 0 Å². The van der Waals surface area contributed by atoms with E-state index < -0.39 is 12.8 Å². The van der Waals surface area contributed by atoms with Gasteiger partial charge in [-0.1, -0.05) is 0 Å². The molecule has 0 saturated carbocycles. The standard InChI is InChI=1S/B.3ClH.Ru.H/h;3*1H;;/q;;;;+3;/p-3/i;;;;;1+1. The van der Waals surface area contributed by atoms with Crippen molar-refractivity contribution in [2.45, 2.75) is 0 Å².